The van der Waals surface area contributed by atoms with Gasteiger partial charge in [-0.05, 0) is 54.7 Å². The SMILES string of the molecule is COc1ccc2c(c1)CC(C)C1C(C(F)(F)F)=NN(c3ccc(C)cc3)C21. The second-order valence-electron chi connectivity index (χ2n) is 7.38. The van der Waals surface area contributed by atoms with E-state index in [0.29, 0.717) is 12.1 Å². The minimum atomic E-state index is -4.44. The molecule has 0 N–H and O–H groups in total. The fourth-order valence-electron chi connectivity index (χ4n) is 4.26. The Morgan fingerprint density at radius 3 is 2.44 bits per heavy atom. The van der Waals surface area contributed by atoms with E-state index in [1.165, 1.54) is 0 Å². The van der Waals surface area contributed by atoms with E-state index in [4.69, 9.17) is 4.74 Å². The number of halogens is 3. The fraction of sp³-hybridized carbons (Fsp3) is 0.381. The van der Waals surface area contributed by atoms with Crippen molar-refractivity contribution < 1.29 is 17.9 Å². The summed E-state index contributed by atoms with van der Waals surface area (Å²) in [6.45, 7) is 3.82. The van der Waals surface area contributed by atoms with Gasteiger partial charge in [0.2, 0.25) is 0 Å². The Labute approximate surface area is 156 Å². The monoisotopic (exact) mass is 374 g/mol. The number of nitrogens with zero attached hydrogens (tertiary/aromatic N) is 2. The third-order valence-electron chi connectivity index (χ3n) is 5.55. The molecule has 0 amide bonds. The van der Waals surface area contributed by atoms with Gasteiger partial charge >= 0.3 is 6.18 Å². The Hall–Kier alpha value is -2.50. The first-order valence-electron chi connectivity index (χ1n) is 8.98. The molecule has 2 aromatic carbocycles. The number of ether oxygens (including phenoxy) is 1. The first-order chi connectivity index (χ1) is 12.8. The highest BCUT2D eigenvalue weighted by Crippen LogP contribution is 2.51. The molecule has 0 saturated carbocycles. The Kier molecular flexibility index (Phi) is 4.17. The number of hydrogen-bond acceptors (Lipinski definition) is 3. The van der Waals surface area contributed by atoms with Crippen molar-refractivity contribution >= 4 is 11.4 Å². The highest BCUT2D eigenvalue weighted by molar-refractivity contribution is 5.96. The largest absolute Gasteiger partial charge is 0.497 e. The Balaban J connectivity index is 1.87. The van der Waals surface area contributed by atoms with Crippen molar-refractivity contribution in [1.82, 2.24) is 0 Å². The van der Waals surface area contributed by atoms with Crippen LogP contribution in [0.2, 0.25) is 0 Å². The van der Waals surface area contributed by atoms with E-state index in [9.17, 15) is 13.2 Å². The summed E-state index contributed by atoms with van der Waals surface area (Å²) in [4.78, 5) is 0. The molecule has 0 aromatic heterocycles. The number of methoxy groups -OCH3 is 1. The summed E-state index contributed by atoms with van der Waals surface area (Å²) in [5.74, 6) is -0.145. The molecule has 6 heteroatoms. The Morgan fingerprint density at radius 2 is 1.81 bits per heavy atom. The van der Waals surface area contributed by atoms with Crippen LogP contribution in [0, 0.1) is 18.8 Å². The standard InChI is InChI=1S/C21H21F3N2O/c1-12-4-6-15(7-5-12)26-19-17-9-8-16(27-3)11-14(17)10-13(2)18(19)20(25-26)21(22,23)24/h4-9,11,13,18-19H,10H2,1-3H3. The zero-order valence-corrected chi connectivity index (χ0v) is 15.4. The molecular formula is C21H21F3N2O. The number of benzene rings is 2. The summed E-state index contributed by atoms with van der Waals surface area (Å²) in [6, 6.07) is 12.6. The predicted molar refractivity (Wildman–Crippen MR) is 99.2 cm³/mol. The lowest BCUT2D eigenvalue weighted by atomic mass is 9.71. The van der Waals surface area contributed by atoms with Crippen molar-refractivity contribution in [1.29, 1.82) is 0 Å². The number of rotatable bonds is 2. The van der Waals surface area contributed by atoms with Crippen molar-refractivity contribution in [3.63, 3.8) is 0 Å². The third-order valence-corrected chi connectivity index (χ3v) is 5.55. The van der Waals surface area contributed by atoms with Crippen LogP contribution in [-0.4, -0.2) is 19.0 Å². The highest BCUT2D eigenvalue weighted by atomic mass is 19.4. The van der Waals surface area contributed by atoms with Crippen LogP contribution in [0.5, 0.6) is 5.75 Å². The lowest BCUT2D eigenvalue weighted by molar-refractivity contribution is -0.0636. The van der Waals surface area contributed by atoms with E-state index in [1.54, 1.807) is 12.1 Å². The van der Waals surface area contributed by atoms with Crippen LogP contribution < -0.4 is 9.75 Å². The van der Waals surface area contributed by atoms with Crippen LogP contribution in [0.4, 0.5) is 18.9 Å². The molecule has 0 bridgehead atoms. The average Bonchev–Trinajstić information content (AvgIpc) is 3.04. The number of hydrazone groups is 1. The quantitative estimate of drug-likeness (QED) is 0.713. The van der Waals surface area contributed by atoms with Crippen LogP contribution in [-0.2, 0) is 6.42 Å². The van der Waals surface area contributed by atoms with E-state index in [1.807, 2.05) is 56.3 Å². The minimum absolute atomic E-state index is 0.176. The first kappa shape index (κ1) is 17.9. The van der Waals surface area contributed by atoms with E-state index >= 15 is 0 Å². The molecule has 4 rings (SSSR count). The van der Waals surface area contributed by atoms with Crippen LogP contribution in [0.3, 0.4) is 0 Å². The average molecular weight is 374 g/mol. The topological polar surface area (TPSA) is 24.8 Å². The lowest BCUT2D eigenvalue weighted by Gasteiger charge is -2.37. The van der Waals surface area contributed by atoms with Crippen LogP contribution in [0.1, 0.15) is 29.7 Å². The minimum Gasteiger partial charge on any atom is -0.497 e. The fourth-order valence-corrected chi connectivity index (χ4v) is 4.26. The number of anilines is 1. The molecule has 27 heavy (non-hydrogen) atoms. The van der Waals surface area contributed by atoms with E-state index in [0.717, 1.165) is 22.4 Å². The molecular weight excluding hydrogens is 353 g/mol. The van der Waals surface area contributed by atoms with Gasteiger partial charge in [-0.3, -0.25) is 5.01 Å². The Morgan fingerprint density at radius 1 is 1.11 bits per heavy atom. The van der Waals surface area contributed by atoms with Crippen LogP contribution in [0.25, 0.3) is 0 Å². The summed E-state index contributed by atoms with van der Waals surface area (Å²) >= 11 is 0. The van der Waals surface area contributed by atoms with Gasteiger partial charge in [0.15, 0.2) is 0 Å². The molecule has 0 saturated heterocycles. The zero-order chi connectivity index (χ0) is 19.3. The molecule has 1 heterocycles. The van der Waals surface area contributed by atoms with Gasteiger partial charge < -0.3 is 4.74 Å². The smallest absolute Gasteiger partial charge is 0.431 e. The van der Waals surface area contributed by atoms with Gasteiger partial charge in [-0.25, -0.2) is 0 Å². The second kappa shape index (κ2) is 6.29. The van der Waals surface area contributed by atoms with E-state index in [2.05, 4.69) is 5.10 Å². The molecule has 0 fully saturated rings. The molecule has 2 aliphatic rings. The maximum Gasteiger partial charge on any atom is 0.431 e. The lowest BCUT2D eigenvalue weighted by Crippen LogP contribution is -2.39. The summed E-state index contributed by atoms with van der Waals surface area (Å²) in [5.41, 5.74) is 2.96. The van der Waals surface area contributed by atoms with Gasteiger partial charge in [0.25, 0.3) is 0 Å². The van der Waals surface area contributed by atoms with Gasteiger partial charge in [-0.2, -0.15) is 18.3 Å². The van der Waals surface area contributed by atoms with E-state index in [-0.39, 0.29) is 5.92 Å². The summed E-state index contributed by atoms with van der Waals surface area (Å²) in [7, 11) is 1.59. The normalized spacial score (nSPS) is 24.3. The molecule has 3 atom stereocenters. The number of hydrogen-bond donors (Lipinski definition) is 0. The van der Waals surface area contributed by atoms with Crippen LogP contribution >= 0.6 is 0 Å². The summed E-state index contributed by atoms with van der Waals surface area (Å²) < 4.78 is 46.6. The second-order valence-corrected chi connectivity index (χ2v) is 7.38. The number of fused-ring (bicyclic) bond motifs is 3. The van der Waals surface area contributed by atoms with Gasteiger partial charge in [-0.1, -0.05) is 30.7 Å². The number of alkyl halides is 3. The van der Waals surface area contributed by atoms with E-state index < -0.39 is 23.8 Å². The molecule has 3 unspecified atom stereocenters. The Bertz CT molecular complexity index is 889. The molecule has 0 radical (unpaired) electrons. The van der Waals surface area contributed by atoms with Crippen LogP contribution in [0.15, 0.2) is 47.6 Å². The highest BCUT2D eigenvalue weighted by Gasteiger charge is 2.54. The molecule has 1 aliphatic heterocycles. The molecule has 2 aromatic rings. The molecule has 0 spiro atoms. The van der Waals surface area contributed by atoms with Gasteiger partial charge in [0.1, 0.15) is 11.5 Å². The third kappa shape index (κ3) is 2.97. The number of aryl methyl sites for hydroxylation is 1. The zero-order valence-electron chi connectivity index (χ0n) is 15.4. The van der Waals surface area contributed by atoms with Gasteiger partial charge in [-0.15, -0.1) is 0 Å². The summed E-state index contributed by atoms with van der Waals surface area (Å²) in [6.07, 6.45) is -3.87. The van der Waals surface area contributed by atoms with Gasteiger partial charge in [0.05, 0.1) is 18.8 Å². The van der Waals surface area contributed by atoms with Crippen molar-refractivity contribution in [2.24, 2.45) is 16.9 Å². The van der Waals surface area contributed by atoms with Crippen molar-refractivity contribution in [2.75, 3.05) is 12.1 Å². The molecule has 3 nitrogen and oxygen atoms in total. The molecule has 142 valence electrons. The maximum atomic E-state index is 13.8. The molecule has 1 aliphatic carbocycles. The van der Waals surface area contributed by atoms with Gasteiger partial charge in [0, 0.05) is 5.92 Å². The van der Waals surface area contributed by atoms with Crippen molar-refractivity contribution in [3.05, 3.63) is 59.2 Å². The predicted octanol–water partition coefficient (Wildman–Crippen LogP) is 5.29. The maximum absolute atomic E-state index is 13.8. The van der Waals surface area contributed by atoms with Crippen molar-refractivity contribution in [3.8, 4) is 5.75 Å². The van der Waals surface area contributed by atoms with Crippen molar-refractivity contribution in [2.45, 2.75) is 32.5 Å². The summed E-state index contributed by atoms with van der Waals surface area (Å²) in [5, 5.41) is 5.64. The first-order valence-corrected chi connectivity index (χ1v) is 8.98.